The largest absolute Gasteiger partial charge is 0.497 e. The molecule has 0 atom stereocenters. The number of rotatable bonds is 5. The van der Waals surface area contributed by atoms with Crippen LogP contribution in [0.15, 0.2) is 42.6 Å². The van der Waals surface area contributed by atoms with Crippen LogP contribution in [0.1, 0.15) is 16.1 Å². The van der Waals surface area contributed by atoms with Crippen LogP contribution in [-0.4, -0.2) is 25.2 Å². The molecular weight excluding hydrogens is 258 g/mol. The Kier molecular flexibility index (Phi) is 4.55. The Bertz CT molecular complexity index is 563. The number of methoxy groups -OCH3 is 2. The third-order valence-electron chi connectivity index (χ3n) is 2.69. The van der Waals surface area contributed by atoms with Gasteiger partial charge in [0.25, 0.3) is 0 Å². The van der Waals surface area contributed by atoms with Gasteiger partial charge in [0.15, 0.2) is 0 Å². The number of pyridine rings is 1. The van der Waals surface area contributed by atoms with E-state index in [4.69, 9.17) is 9.47 Å². The highest BCUT2D eigenvalue weighted by Crippen LogP contribution is 2.17. The van der Waals surface area contributed by atoms with Gasteiger partial charge in [-0.2, -0.15) is 0 Å². The van der Waals surface area contributed by atoms with Crippen LogP contribution in [-0.2, 0) is 11.3 Å². The summed E-state index contributed by atoms with van der Waals surface area (Å²) in [6.07, 6.45) is 1.47. The number of aromatic nitrogens is 1. The molecular formula is C15H15NO4. The van der Waals surface area contributed by atoms with Gasteiger partial charge < -0.3 is 14.2 Å². The molecule has 104 valence electrons. The first-order chi connectivity index (χ1) is 9.72. The molecule has 2 aromatic rings. The average molecular weight is 273 g/mol. The fourth-order valence-corrected chi connectivity index (χ4v) is 1.58. The number of carbonyl (C=O) groups is 1. The molecule has 0 radical (unpaired) electrons. The van der Waals surface area contributed by atoms with Gasteiger partial charge in [0.1, 0.15) is 18.1 Å². The monoisotopic (exact) mass is 273 g/mol. The molecule has 0 unspecified atom stereocenters. The molecule has 0 saturated heterocycles. The molecule has 0 aliphatic rings. The lowest BCUT2D eigenvalue weighted by Gasteiger charge is -2.07. The summed E-state index contributed by atoms with van der Waals surface area (Å²) >= 11 is 0. The van der Waals surface area contributed by atoms with E-state index in [1.54, 1.807) is 19.2 Å². The van der Waals surface area contributed by atoms with Crippen molar-refractivity contribution < 1.29 is 19.0 Å². The molecule has 0 amide bonds. The Balaban J connectivity index is 1.94. The van der Waals surface area contributed by atoms with E-state index in [-0.39, 0.29) is 0 Å². The zero-order chi connectivity index (χ0) is 14.4. The maximum absolute atomic E-state index is 11.3. The van der Waals surface area contributed by atoms with Gasteiger partial charge in [-0.25, -0.2) is 4.79 Å². The highest BCUT2D eigenvalue weighted by molar-refractivity contribution is 5.88. The van der Waals surface area contributed by atoms with Gasteiger partial charge in [-0.15, -0.1) is 0 Å². The first-order valence-corrected chi connectivity index (χ1v) is 6.03. The predicted molar refractivity (Wildman–Crippen MR) is 72.9 cm³/mol. The van der Waals surface area contributed by atoms with E-state index in [1.165, 1.54) is 13.3 Å². The van der Waals surface area contributed by atoms with Crippen LogP contribution in [0.4, 0.5) is 0 Å². The third kappa shape index (κ3) is 3.47. The molecule has 0 aliphatic heterocycles. The molecule has 0 bridgehead atoms. The molecule has 0 aliphatic carbocycles. The summed E-state index contributed by atoms with van der Waals surface area (Å²) in [5.41, 5.74) is 1.15. The lowest BCUT2D eigenvalue weighted by molar-refractivity contribution is 0.0600. The highest BCUT2D eigenvalue weighted by Gasteiger charge is 2.05. The van der Waals surface area contributed by atoms with Crippen LogP contribution < -0.4 is 9.47 Å². The number of hydrogen-bond acceptors (Lipinski definition) is 5. The number of ether oxygens (including phenoxy) is 3. The van der Waals surface area contributed by atoms with Gasteiger partial charge in [-0.3, -0.25) is 4.98 Å². The highest BCUT2D eigenvalue weighted by atomic mass is 16.5. The zero-order valence-electron chi connectivity index (χ0n) is 11.3. The van der Waals surface area contributed by atoms with E-state index in [2.05, 4.69) is 9.72 Å². The van der Waals surface area contributed by atoms with Crippen molar-refractivity contribution in [2.75, 3.05) is 14.2 Å². The second kappa shape index (κ2) is 6.56. The third-order valence-corrected chi connectivity index (χ3v) is 2.69. The topological polar surface area (TPSA) is 57.7 Å². The van der Waals surface area contributed by atoms with Crippen LogP contribution in [0, 0.1) is 0 Å². The SMILES string of the molecule is COC(=O)c1ccc(COc2ccc(OC)cc2)nc1. The van der Waals surface area contributed by atoms with Gasteiger partial charge in [-0.1, -0.05) is 0 Å². The van der Waals surface area contributed by atoms with Crippen molar-refractivity contribution >= 4 is 5.97 Å². The van der Waals surface area contributed by atoms with Crippen molar-refractivity contribution in [1.29, 1.82) is 0 Å². The number of carbonyl (C=O) groups excluding carboxylic acids is 1. The minimum atomic E-state index is -0.403. The van der Waals surface area contributed by atoms with Crippen LogP contribution in [0.2, 0.25) is 0 Å². The minimum absolute atomic E-state index is 0.327. The molecule has 0 spiro atoms. The van der Waals surface area contributed by atoms with Crippen LogP contribution >= 0.6 is 0 Å². The minimum Gasteiger partial charge on any atom is -0.497 e. The smallest absolute Gasteiger partial charge is 0.339 e. The van der Waals surface area contributed by atoms with Crippen LogP contribution in [0.5, 0.6) is 11.5 Å². The summed E-state index contributed by atoms with van der Waals surface area (Å²) in [6.45, 7) is 0.327. The Labute approximate surface area is 117 Å². The molecule has 2 rings (SSSR count). The standard InChI is InChI=1S/C15H15NO4/c1-18-13-5-7-14(8-6-13)20-10-12-4-3-11(9-16-12)15(17)19-2/h3-9H,10H2,1-2H3. The lowest BCUT2D eigenvalue weighted by atomic mass is 10.2. The van der Waals surface area contributed by atoms with Crippen molar-refractivity contribution in [2.45, 2.75) is 6.61 Å². The average Bonchev–Trinajstić information content (AvgIpc) is 2.53. The summed E-state index contributed by atoms with van der Waals surface area (Å²) in [4.78, 5) is 15.4. The maximum atomic E-state index is 11.3. The molecule has 0 fully saturated rings. The number of nitrogens with zero attached hydrogens (tertiary/aromatic N) is 1. The molecule has 0 saturated carbocycles. The zero-order valence-corrected chi connectivity index (χ0v) is 11.3. The number of benzene rings is 1. The molecule has 20 heavy (non-hydrogen) atoms. The molecule has 5 heteroatoms. The van der Waals surface area contributed by atoms with E-state index < -0.39 is 5.97 Å². The summed E-state index contributed by atoms with van der Waals surface area (Å²) < 4.78 is 15.3. The van der Waals surface area contributed by atoms with Crippen molar-refractivity contribution in [3.63, 3.8) is 0 Å². The van der Waals surface area contributed by atoms with Gasteiger partial charge in [0, 0.05) is 6.20 Å². The lowest BCUT2D eigenvalue weighted by Crippen LogP contribution is -2.04. The van der Waals surface area contributed by atoms with Crippen molar-refractivity contribution in [2.24, 2.45) is 0 Å². The normalized spacial score (nSPS) is 9.90. The van der Waals surface area contributed by atoms with E-state index in [0.29, 0.717) is 12.2 Å². The summed E-state index contributed by atoms with van der Waals surface area (Å²) in [6, 6.07) is 10.7. The number of hydrogen-bond donors (Lipinski definition) is 0. The Hall–Kier alpha value is -2.56. The first-order valence-electron chi connectivity index (χ1n) is 6.03. The molecule has 1 heterocycles. The summed E-state index contributed by atoms with van der Waals surface area (Å²) in [5, 5.41) is 0. The van der Waals surface area contributed by atoms with E-state index in [1.807, 2.05) is 24.3 Å². The van der Waals surface area contributed by atoms with Gasteiger partial charge >= 0.3 is 5.97 Å². The van der Waals surface area contributed by atoms with Crippen LogP contribution in [0.3, 0.4) is 0 Å². The van der Waals surface area contributed by atoms with Crippen molar-refractivity contribution in [1.82, 2.24) is 4.98 Å². The second-order valence-corrected chi connectivity index (χ2v) is 3.99. The summed E-state index contributed by atoms with van der Waals surface area (Å²) in [5.74, 6) is 1.10. The van der Waals surface area contributed by atoms with Gasteiger partial charge in [-0.05, 0) is 36.4 Å². The molecule has 0 N–H and O–H groups in total. The Morgan fingerprint density at radius 1 is 1.05 bits per heavy atom. The van der Waals surface area contributed by atoms with Crippen LogP contribution in [0.25, 0.3) is 0 Å². The van der Waals surface area contributed by atoms with Gasteiger partial charge in [0.05, 0.1) is 25.5 Å². The fraction of sp³-hybridized carbons (Fsp3) is 0.200. The van der Waals surface area contributed by atoms with Gasteiger partial charge in [0.2, 0.25) is 0 Å². The van der Waals surface area contributed by atoms with E-state index >= 15 is 0 Å². The molecule has 1 aromatic heterocycles. The van der Waals surface area contributed by atoms with E-state index in [9.17, 15) is 4.79 Å². The summed E-state index contributed by atoms with van der Waals surface area (Å²) in [7, 11) is 2.95. The first kappa shape index (κ1) is 13.9. The quantitative estimate of drug-likeness (QED) is 0.783. The van der Waals surface area contributed by atoms with Crippen molar-refractivity contribution in [3.05, 3.63) is 53.9 Å². The number of esters is 1. The Morgan fingerprint density at radius 2 is 1.75 bits per heavy atom. The fourth-order valence-electron chi connectivity index (χ4n) is 1.58. The predicted octanol–water partition coefficient (Wildman–Crippen LogP) is 2.46. The molecule has 5 nitrogen and oxygen atoms in total. The maximum Gasteiger partial charge on any atom is 0.339 e. The Morgan fingerprint density at radius 3 is 2.30 bits per heavy atom. The van der Waals surface area contributed by atoms with Crippen molar-refractivity contribution in [3.8, 4) is 11.5 Å². The second-order valence-electron chi connectivity index (χ2n) is 3.99. The molecule has 1 aromatic carbocycles. The van der Waals surface area contributed by atoms with E-state index in [0.717, 1.165) is 17.2 Å².